The third-order valence-corrected chi connectivity index (χ3v) is 1.75. The van der Waals surface area contributed by atoms with Gasteiger partial charge in [-0.25, -0.2) is 0 Å². The SMILES string of the molecule is CCCC[C@@H](CC)C(=O)O. The van der Waals surface area contributed by atoms with Crippen molar-refractivity contribution in [1.82, 2.24) is 0 Å². The summed E-state index contributed by atoms with van der Waals surface area (Å²) in [5.41, 5.74) is 0. The summed E-state index contributed by atoms with van der Waals surface area (Å²) in [6.07, 6.45) is 3.71. The van der Waals surface area contributed by atoms with Gasteiger partial charge in [0.15, 0.2) is 0 Å². The largest absolute Gasteiger partial charge is 0.481 e. The molecule has 1 N–H and O–H groups in total. The first kappa shape index (κ1) is 9.47. The van der Waals surface area contributed by atoms with Crippen LogP contribution in [0, 0.1) is 5.92 Å². The summed E-state index contributed by atoms with van der Waals surface area (Å²) in [5.74, 6) is -0.754. The van der Waals surface area contributed by atoms with E-state index in [0.717, 1.165) is 25.7 Å². The van der Waals surface area contributed by atoms with Gasteiger partial charge < -0.3 is 5.11 Å². The normalized spacial score (nSPS) is 13.0. The molecule has 0 aromatic rings. The van der Waals surface area contributed by atoms with E-state index in [0.29, 0.717) is 0 Å². The number of aliphatic carboxylic acids is 1. The molecule has 0 aromatic carbocycles. The van der Waals surface area contributed by atoms with Crippen LogP contribution in [-0.4, -0.2) is 11.1 Å². The lowest BCUT2D eigenvalue weighted by molar-refractivity contribution is -0.142. The highest BCUT2D eigenvalue weighted by atomic mass is 16.4. The van der Waals surface area contributed by atoms with Gasteiger partial charge >= 0.3 is 5.97 Å². The Hall–Kier alpha value is -0.530. The van der Waals surface area contributed by atoms with Crippen molar-refractivity contribution in [3.63, 3.8) is 0 Å². The number of carbonyl (C=O) groups is 1. The molecule has 0 saturated carbocycles. The minimum atomic E-state index is -0.643. The van der Waals surface area contributed by atoms with Crippen LogP contribution in [0.5, 0.6) is 0 Å². The quantitative estimate of drug-likeness (QED) is 0.642. The average molecular weight is 144 g/mol. The molecule has 0 radical (unpaired) electrons. The molecule has 1 atom stereocenters. The van der Waals surface area contributed by atoms with Crippen molar-refractivity contribution in [3.05, 3.63) is 0 Å². The van der Waals surface area contributed by atoms with Crippen LogP contribution in [0.25, 0.3) is 0 Å². The third-order valence-electron chi connectivity index (χ3n) is 1.75. The number of unbranched alkanes of at least 4 members (excludes halogenated alkanes) is 1. The van der Waals surface area contributed by atoms with Gasteiger partial charge in [0.05, 0.1) is 5.92 Å². The minimum absolute atomic E-state index is 0.111. The molecule has 0 saturated heterocycles. The maximum absolute atomic E-state index is 10.4. The van der Waals surface area contributed by atoms with Crippen molar-refractivity contribution in [3.8, 4) is 0 Å². The van der Waals surface area contributed by atoms with E-state index in [1.165, 1.54) is 0 Å². The predicted molar refractivity (Wildman–Crippen MR) is 40.9 cm³/mol. The van der Waals surface area contributed by atoms with Crippen molar-refractivity contribution in [2.45, 2.75) is 39.5 Å². The molecule has 0 aliphatic rings. The smallest absolute Gasteiger partial charge is 0.306 e. The van der Waals surface area contributed by atoms with E-state index in [9.17, 15) is 4.79 Å². The first-order valence-electron chi connectivity index (χ1n) is 3.95. The molecule has 0 aromatic heterocycles. The van der Waals surface area contributed by atoms with Crippen LogP contribution in [0.2, 0.25) is 0 Å². The van der Waals surface area contributed by atoms with Crippen molar-refractivity contribution in [2.75, 3.05) is 0 Å². The van der Waals surface area contributed by atoms with Crippen LogP contribution in [0.1, 0.15) is 39.5 Å². The molecule has 0 bridgehead atoms. The van der Waals surface area contributed by atoms with Gasteiger partial charge in [0.1, 0.15) is 0 Å². The molecule has 0 heterocycles. The first-order valence-corrected chi connectivity index (χ1v) is 3.95. The Kier molecular flexibility index (Phi) is 4.99. The van der Waals surface area contributed by atoms with Crippen molar-refractivity contribution in [2.24, 2.45) is 5.92 Å². The Labute approximate surface area is 62.2 Å². The first-order chi connectivity index (χ1) is 4.72. The zero-order chi connectivity index (χ0) is 7.98. The molecule has 0 aliphatic heterocycles. The number of carboxylic acids is 1. The topological polar surface area (TPSA) is 37.3 Å². The van der Waals surface area contributed by atoms with Crippen molar-refractivity contribution < 1.29 is 9.90 Å². The second kappa shape index (κ2) is 5.27. The summed E-state index contributed by atoms with van der Waals surface area (Å²) in [7, 11) is 0. The Balaban J connectivity index is 3.50. The zero-order valence-corrected chi connectivity index (χ0v) is 6.76. The average Bonchev–Trinajstić information content (AvgIpc) is 1.89. The standard InChI is InChI=1S/C8H16O2/c1-3-5-6-7(4-2)8(9)10/h7H,3-6H2,1-2H3,(H,9,10)/t7-/m1/s1. The molecule has 2 nitrogen and oxygen atoms in total. The van der Waals surface area contributed by atoms with Gasteiger partial charge in [0.25, 0.3) is 0 Å². The van der Waals surface area contributed by atoms with Crippen LogP contribution in [0.4, 0.5) is 0 Å². The second-order valence-electron chi connectivity index (χ2n) is 2.59. The Morgan fingerprint density at radius 3 is 2.40 bits per heavy atom. The van der Waals surface area contributed by atoms with Gasteiger partial charge in [-0.2, -0.15) is 0 Å². The lowest BCUT2D eigenvalue weighted by atomic mass is 10.00. The van der Waals surface area contributed by atoms with Crippen LogP contribution in [0.15, 0.2) is 0 Å². The molecular formula is C8H16O2. The number of hydrogen-bond acceptors (Lipinski definition) is 1. The number of rotatable bonds is 5. The summed E-state index contributed by atoms with van der Waals surface area (Å²) >= 11 is 0. The van der Waals surface area contributed by atoms with Gasteiger partial charge in [0, 0.05) is 0 Å². The molecule has 60 valence electrons. The van der Waals surface area contributed by atoms with Crippen LogP contribution >= 0.6 is 0 Å². The minimum Gasteiger partial charge on any atom is -0.481 e. The van der Waals surface area contributed by atoms with Crippen LogP contribution in [0.3, 0.4) is 0 Å². The Bertz CT molecular complexity index is 99.4. The van der Waals surface area contributed by atoms with Crippen LogP contribution in [-0.2, 0) is 4.79 Å². The van der Waals surface area contributed by atoms with Crippen molar-refractivity contribution >= 4 is 5.97 Å². The fourth-order valence-corrected chi connectivity index (χ4v) is 0.953. The van der Waals surface area contributed by atoms with E-state index in [1.54, 1.807) is 0 Å². The molecule has 2 heteroatoms. The summed E-state index contributed by atoms with van der Waals surface area (Å²) in [4.78, 5) is 10.4. The fourth-order valence-electron chi connectivity index (χ4n) is 0.953. The number of carboxylic acid groups (broad SMARTS) is 1. The van der Waals surface area contributed by atoms with Crippen molar-refractivity contribution in [1.29, 1.82) is 0 Å². The molecule has 0 fully saturated rings. The van der Waals surface area contributed by atoms with E-state index in [-0.39, 0.29) is 5.92 Å². The highest BCUT2D eigenvalue weighted by Gasteiger charge is 2.12. The molecule has 0 spiro atoms. The molecule has 0 rings (SSSR count). The summed E-state index contributed by atoms with van der Waals surface area (Å²) < 4.78 is 0. The molecule has 0 aliphatic carbocycles. The second-order valence-corrected chi connectivity index (χ2v) is 2.59. The van der Waals surface area contributed by atoms with E-state index < -0.39 is 5.97 Å². The summed E-state index contributed by atoms with van der Waals surface area (Å²) in [6.45, 7) is 4.00. The number of hydrogen-bond donors (Lipinski definition) is 1. The monoisotopic (exact) mass is 144 g/mol. The summed E-state index contributed by atoms with van der Waals surface area (Å²) in [5, 5.41) is 8.60. The molecule has 10 heavy (non-hydrogen) atoms. The fraction of sp³-hybridized carbons (Fsp3) is 0.875. The van der Waals surface area contributed by atoms with E-state index in [4.69, 9.17) is 5.11 Å². The Morgan fingerprint density at radius 1 is 1.50 bits per heavy atom. The third kappa shape index (κ3) is 3.49. The highest BCUT2D eigenvalue weighted by molar-refractivity contribution is 5.69. The summed E-state index contributed by atoms with van der Waals surface area (Å²) in [6, 6.07) is 0. The maximum atomic E-state index is 10.4. The predicted octanol–water partition coefficient (Wildman–Crippen LogP) is 2.29. The van der Waals surface area contributed by atoms with E-state index in [2.05, 4.69) is 6.92 Å². The van der Waals surface area contributed by atoms with E-state index >= 15 is 0 Å². The van der Waals surface area contributed by atoms with Gasteiger partial charge in [-0.1, -0.05) is 26.7 Å². The molecular weight excluding hydrogens is 128 g/mol. The van der Waals surface area contributed by atoms with Gasteiger partial charge in [0.2, 0.25) is 0 Å². The van der Waals surface area contributed by atoms with Crippen LogP contribution < -0.4 is 0 Å². The highest BCUT2D eigenvalue weighted by Crippen LogP contribution is 2.11. The maximum Gasteiger partial charge on any atom is 0.306 e. The lowest BCUT2D eigenvalue weighted by Crippen LogP contribution is -2.11. The molecule has 0 unspecified atom stereocenters. The van der Waals surface area contributed by atoms with Gasteiger partial charge in [-0.3, -0.25) is 4.79 Å². The zero-order valence-electron chi connectivity index (χ0n) is 6.76. The van der Waals surface area contributed by atoms with Gasteiger partial charge in [-0.05, 0) is 12.8 Å². The van der Waals surface area contributed by atoms with Gasteiger partial charge in [-0.15, -0.1) is 0 Å². The van der Waals surface area contributed by atoms with E-state index in [1.807, 2.05) is 6.92 Å². The lowest BCUT2D eigenvalue weighted by Gasteiger charge is -2.06. The molecule has 0 amide bonds. The Morgan fingerprint density at radius 2 is 2.10 bits per heavy atom.